The molecular formula is C22H30O3P+. The molecular weight excluding hydrogens is 343 g/mol. The molecule has 0 aromatic heterocycles. The smallest absolute Gasteiger partial charge is 0.222 e. The number of benzene rings is 2. The van der Waals surface area contributed by atoms with Gasteiger partial charge in [-0.2, -0.15) is 0 Å². The topological polar surface area (TPSA) is 35.5 Å². The van der Waals surface area contributed by atoms with Crippen molar-refractivity contribution < 1.29 is 13.6 Å². The van der Waals surface area contributed by atoms with Crippen molar-refractivity contribution in [2.24, 2.45) is 0 Å². The van der Waals surface area contributed by atoms with Gasteiger partial charge in [-0.1, -0.05) is 63.8 Å². The Morgan fingerprint density at radius 2 is 1.04 bits per heavy atom. The molecule has 0 spiro atoms. The third-order valence-corrected chi connectivity index (χ3v) is 5.06. The maximum absolute atomic E-state index is 12.1. The molecule has 0 aliphatic heterocycles. The van der Waals surface area contributed by atoms with Crippen LogP contribution in [0.2, 0.25) is 0 Å². The molecule has 0 radical (unpaired) electrons. The van der Waals surface area contributed by atoms with Crippen LogP contribution in [0.5, 0.6) is 11.5 Å². The van der Waals surface area contributed by atoms with Gasteiger partial charge in [0.25, 0.3) is 0 Å². The summed E-state index contributed by atoms with van der Waals surface area (Å²) in [7, 11) is -2.23. The van der Waals surface area contributed by atoms with E-state index in [0.29, 0.717) is 11.5 Å². The van der Waals surface area contributed by atoms with Crippen LogP contribution in [0.1, 0.15) is 63.5 Å². The zero-order chi connectivity index (χ0) is 18.6. The molecule has 0 amide bonds. The first kappa shape index (κ1) is 20.5. The normalized spacial score (nSPS) is 10.5. The lowest BCUT2D eigenvalue weighted by molar-refractivity contribution is 0.415. The molecule has 0 bridgehead atoms. The average molecular weight is 373 g/mol. The van der Waals surface area contributed by atoms with Crippen LogP contribution in [-0.2, 0) is 17.4 Å². The monoisotopic (exact) mass is 373 g/mol. The molecule has 0 fully saturated rings. The molecule has 0 unspecified atom stereocenters. The number of unbranched alkanes of at least 4 members (excludes halogenated alkanes) is 4. The van der Waals surface area contributed by atoms with Gasteiger partial charge in [0.05, 0.1) is 0 Å². The van der Waals surface area contributed by atoms with Crippen molar-refractivity contribution in [2.45, 2.75) is 65.2 Å². The first-order valence-corrected chi connectivity index (χ1v) is 10.8. The summed E-state index contributed by atoms with van der Waals surface area (Å²) in [5.41, 5.74) is 2.56. The van der Waals surface area contributed by atoms with Crippen LogP contribution in [0.15, 0.2) is 48.5 Å². The maximum Gasteiger partial charge on any atom is 0.805 e. The number of rotatable bonds is 12. The first-order valence-electron chi connectivity index (χ1n) is 9.72. The Bertz CT molecular complexity index is 593. The van der Waals surface area contributed by atoms with Crippen LogP contribution in [0, 0.1) is 0 Å². The molecule has 26 heavy (non-hydrogen) atoms. The molecule has 2 aromatic carbocycles. The molecule has 0 aliphatic carbocycles. The van der Waals surface area contributed by atoms with Gasteiger partial charge < -0.3 is 0 Å². The lowest BCUT2D eigenvalue weighted by atomic mass is 10.1. The van der Waals surface area contributed by atoms with E-state index in [2.05, 4.69) is 13.8 Å². The second-order valence-corrected chi connectivity index (χ2v) is 7.42. The van der Waals surface area contributed by atoms with Gasteiger partial charge in [0.2, 0.25) is 0 Å². The minimum Gasteiger partial charge on any atom is -0.222 e. The summed E-state index contributed by atoms with van der Waals surface area (Å²) in [6.07, 6.45) is 9.47. The predicted molar refractivity (Wildman–Crippen MR) is 108 cm³/mol. The maximum atomic E-state index is 12.1. The standard InChI is InChI=1S/C22H30O3P/c1-3-5-7-9-19-11-15-21(16-12-19)24-26(23)25-22-17-13-20(14-18-22)10-8-6-4-2/h11-18H,3-10H2,1-2H3/q+1. The van der Waals surface area contributed by atoms with Crippen molar-refractivity contribution >= 4 is 8.25 Å². The molecule has 4 heteroatoms. The molecule has 0 saturated heterocycles. The highest BCUT2D eigenvalue weighted by atomic mass is 31.1. The van der Waals surface area contributed by atoms with Crippen LogP contribution in [-0.4, -0.2) is 0 Å². The van der Waals surface area contributed by atoms with E-state index in [0.717, 1.165) is 12.8 Å². The van der Waals surface area contributed by atoms with E-state index in [-0.39, 0.29) is 0 Å². The van der Waals surface area contributed by atoms with Gasteiger partial charge in [-0.25, -0.2) is 9.05 Å². The Morgan fingerprint density at radius 1 is 0.654 bits per heavy atom. The number of hydrogen-bond acceptors (Lipinski definition) is 3. The quantitative estimate of drug-likeness (QED) is 0.290. The molecule has 0 atom stereocenters. The van der Waals surface area contributed by atoms with Gasteiger partial charge in [-0.05, 0) is 61.1 Å². The van der Waals surface area contributed by atoms with Crippen molar-refractivity contribution in [2.75, 3.05) is 0 Å². The molecule has 0 heterocycles. The van der Waals surface area contributed by atoms with Crippen molar-refractivity contribution in [1.82, 2.24) is 0 Å². The highest BCUT2D eigenvalue weighted by Crippen LogP contribution is 2.31. The Hall–Kier alpha value is -1.86. The highest BCUT2D eigenvalue weighted by molar-refractivity contribution is 7.34. The van der Waals surface area contributed by atoms with Gasteiger partial charge in [0.1, 0.15) is 0 Å². The first-order chi connectivity index (χ1) is 12.7. The molecule has 2 rings (SSSR count). The zero-order valence-corrected chi connectivity index (χ0v) is 16.8. The summed E-state index contributed by atoms with van der Waals surface area (Å²) in [6, 6.07) is 15.5. The molecule has 0 aliphatic rings. The average Bonchev–Trinajstić information content (AvgIpc) is 2.65. The lowest BCUT2D eigenvalue weighted by Gasteiger charge is -2.01. The Morgan fingerprint density at radius 3 is 1.38 bits per heavy atom. The van der Waals surface area contributed by atoms with Gasteiger partial charge >= 0.3 is 8.25 Å². The largest absolute Gasteiger partial charge is 0.805 e. The summed E-state index contributed by atoms with van der Waals surface area (Å²) < 4.78 is 22.9. The second kappa shape index (κ2) is 11.7. The molecule has 140 valence electrons. The Balaban J connectivity index is 1.78. The highest BCUT2D eigenvalue weighted by Gasteiger charge is 2.24. The fraction of sp³-hybridized carbons (Fsp3) is 0.455. The van der Waals surface area contributed by atoms with E-state index < -0.39 is 8.25 Å². The second-order valence-electron chi connectivity index (χ2n) is 6.61. The van der Waals surface area contributed by atoms with Gasteiger partial charge in [0, 0.05) is 4.57 Å². The van der Waals surface area contributed by atoms with Crippen LogP contribution >= 0.6 is 8.25 Å². The number of hydrogen-bond donors (Lipinski definition) is 0. The van der Waals surface area contributed by atoms with Crippen molar-refractivity contribution in [3.8, 4) is 11.5 Å². The summed E-state index contributed by atoms with van der Waals surface area (Å²) in [6.45, 7) is 4.40. The van der Waals surface area contributed by atoms with E-state index in [9.17, 15) is 4.57 Å². The van der Waals surface area contributed by atoms with E-state index in [4.69, 9.17) is 9.05 Å². The van der Waals surface area contributed by atoms with E-state index in [1.54, 1.807) is 0 Å². The minimum absolute atomic E-state index is 0.571. The zero-order valence-electron chi connectivity index (χ0n) is 15.9. The van der Waals surface area contributed by atoms with Crippen LogP contribution in [0.25, 0.3) is 0 Å². The van der Waals surface area contributed by atoms with Gasteiger partial charge in [0.15, 0.2) is 11.5 Å². The van der Waals surface area contributed by atoms with E-state index in [1.165, 1.54) is 49.7 Å². The fourth-order valence-corrected chi connectivity index (χ4v) is 3.41. The molecule has 0 saturated carbocycles. The SMILES string of the molecule is CCCCCc1ccc(O[P+](=O)Oc2ccc(CCCCC)cc2)cc1. The van der Waals surface area contributed by atoms with Gasteiger partial charge in [-0.3, -0.25) is 0 Å². The summed E-state index contributed by atoms with van der Waals surface area (Å²) in [5, 5.41) is 0. The minimum atomic E-state index is -2.23. The summed E-state index contributed by atoms with van der Waals surface area (Å²) in [4.78, 5) is 0. The van der Waals surface area contributed by atoms with Crippen molar-refractivity contribution in [3.63, 3.8) is 0 Å². The van der Waals surface area contributed by atoms with Crippen LogP contribution < -0.4 is 9.05 Å². The third-order valence-electron chi connectivity index (χ3n) is 4.34. The molecule has 3 nitrogen and oxygen atoms in total. The van der Waals surface area contributed by atoms with E-state index >= 15 is 0 Å². The predicted octanol–water partition coefficient (Wildman–Crippen LogP) is 7.27. The van der Waals surface area contributed by atoms with Crippen molar-refractivity contribution in [1.29, 1.82) is 0 Å². The van der Waals surface area contributed by atoms with E-state index in [1.807, 2.05) is 48.5 Å². The third kappa shape index (κ3) is 7.58. The summed E-state index contributed by atoms with van der Waals surface area (Å²) in [5.74, 6) is 1.14. The lowest BCUT2D eigenvalue weighted by Crippen LogP contribution is -1.91. The Kier molecular flexibility index (Phi) is 9.20. The number of aryl methyl sites for hydroxylation is 2. The molecule has 2 aromatic rings. The summed E-state index contributed by atoms with van der Waals surface area (Å²) >= 11 is 0. The van der Waals surface area contributed by atoms with Crippen LogP contribution in [0.3, 0.4) is 0 Å². The van der Waals surface area contributed by atoms with Gasteiger partial charge in [-0.15, -0.1) is 0 Å². The van der Waals surface area contributed by atoms with Crippen LogP contribution in [0.4, 0.5) is 0 Å². The molecule has 0 N–H and O–H groups in total. The fourth-order valence-electron chi connectivity index (χ4n) is 2.78. The Labute approximate surface area is 158 Å². The van der Waals surface area contributed by atoms with Crippen molar-refractivity contribution in [3.05, 3.63) is 59.7 Å².